The molecule has 1 aromatic rings. The minimum atomic E-state index is -0.111. The number of nitrogens with one attached hydrogen (secondary N) is 1. The molecular weight excluding hydrogens is 256 g/mol. The fraction of sp³-hybridized carbons (Fsp3) is 0.467. The lowest BCUT2D eigenvalue weighted by Gasteiger charge is -2.18. The highest BCUT2D eigenvalue weighted by atomic mass is 32.2. The van der Waals surface area contributed by atoms with E-state index in [-0.39, 0.29) is 17.1 Å². The van der Waals surface area contributed by atoms with Gasteiger partial charge in [0.15, 0.2) is 0 Å². The van der Waals surface area contributed by atoms with Crippen molar-refractivity contribution in [1.29, 1.82) is 0 Å². The molecule has 3 nitrogen and oxygen atoms in total. The van der Waals surface area contributed by atoms with Crippen LogP contribution in [0.3, 0.4) is 0 Å². The Morgan fingerprint density at radius 3 is 2.47 bits per heavy atom. The molecule has 2 unspecified atom stereocenters. The molecule has 4 heteroatoms. The first kappa shape index (κ1) is 14.1. The van der Waals surface area contributed by atoms with Crippen molar-refractivity contribution < 1.29 is 4.79 Å². The molecule has 1 aliphatic heterocycles. The maximum absolute atomic E-state index is 12.3. The van der Waals surface area contributed by atoms with E-state index in [1.54, 1.807) is 0 Å². The van der Waals surface area contributed by atoms with E-state index in [1.165, 1.54) is 23.1 Å². The van der Waals surface area contributed by atoms with Crippen LogP contribution in [0.2, 0.25) is 0 Å². The number of aryl methyl sites for hydroxylation is 2. The Kier molecular flexibility index (Phi) is 3.99. The molecule has 2 rings (SSSR count). The van der Waals surface area contributed by atoms with Crippen molar-refractivity contribution in [2.24, 2.45) is 10.3 Å². The van der Waals surface area contributed by atoms with Gasteiger partial charge < -0.3 is 5.32 Å². The number of hydrogen-bond acceptors (Lipinski definition) is 3. The summed E-state index contributed by atoms with van der Waals surface area (Å²) in [5.74, 6) is 0.238. The molecule has 2 atom stereocenters. The van der Waals surface area contributed by atoms with Crippen LogP contribution in [0.4, 0.5) is 5.69 Å². The summed E-state index contributed by atoms with van der Waals surface area (Å²) in [6.45, 7) is 10.3. The molecule has 0 spiro atoms. The Balaban J connectivity index is 2.24. The van der Waals surface area contributed by atoms with Crippen LogP contribution >= 0.6 is 11.9 Å². The lowest BCUT2D eigenvalue weighted by atomic mass is 9.98. The first-order valence-electron chi connectivity index (χ1n) is 6.49. The molecule has 0 aromatic heterocycles. The minimum absolute atomic E-state index is 0.0458. The van der Waals surface area contributed by atoms with Gasteiger partial charge in [0, 0.05) is 17.8 Å². The summed E-state index contributed by atoms with van der Waals surface area (Å²) in [7, 11) is 0. The van der Waals surface area contributed by atoms with Gasteiger partial charge >= 0.3 is 0 Å². The average molecular weight is 276 g/mol. The minimum Gasteiger partial charge on any atom is -0.325 e. The Bertz CT molecular complexity index is 552. The third-order valence-corrected chi connectivity index (χ3v) is 4.92. The zero-order valence-corrected chi connectivity index (χ0v) is 12.9. The molecule has 1 heterocycles. The van der Waals surface area contributed by atoms with Crippen LogP contribution in [0.1, 0.15) is 29.2 Å². The number of hydrogen-bond donors (Lipinski definition) is 1. The number of amides is 1. The Morgan fingerprint density at radius 2 is 1.89 bits per heavy atom. The van der Waals surface area contributed by atoms with Crippen LogP contribution in [0, 0.1) is 33.6 Å². The smallest absolute Gasteiger partial charge is 0.240 e. The number of anilines is 1. The van der Waals surface area contributed by atoms with Crippen LogP contribution in [0.25, 0.3) is 0 Å². The summed E-state index contributed by atoms with van der Waals surface area (Å²) < 4.78 is 4.12. The van der Waals surface area contributed by atoms with Gasteiger partial charge in [-0.05, 0) is 61.9 Å². The van der Waals surface area contributed by atoms with Crippen LogP contribution < -0.4 is 5.32 Å². The van der Waals surface area contributed by atoms with E-state index < -0.39 is 0 Å². The SMILES string of the molecule is Cc1cc(C)c(NC(=O)C2SN=CC2C)c(C)c1C. The van der Waals surface area contributed by atoms with Crippen molar-refractivity contribution in [2.45, 2.75) is 39.9 Å². The van der Waals surface area contributed by atoms with E-state index in [9.17, 15) is 4.79 Å². The molecule has 1 aromatic carbocycles. The number of carbonyl (C=O) groups excluding carboxylic acids is 1. The van der Waals surface area contributed by atoms with E-state index in [4.69, 9.17) is 0 Å². The molecule has 1 N–H and O–H groups in total. The first-order valence-corrected chi connectivity index (χ1v) is 7.33. The maximum atomic E-state index is 12.3. The highest BCUT2D eigenvalue weighted by molar-refractivity contribution is 7.99. The number of nitrogens with zero attached hydrogens (tertiary/aromatic N) is 1. The van der Waals surface area contributed by atoms with E-state index in [0.29, 0.717) is 0 Å². The zero-order chi connectivity index (χ0) is 14.2. The highest BCUT2D eigenvalue weighted by Crippen LogP contribution is 2.30. The van der Waals surface area contributed by atoms with Gasteiger partial charge in [0.2, 0.25) is 5.91 Å². The van der Waals surface area contributed by atoms with Crippen LogP contribution in [-0.2, 0) is 4.79 Å². The largest absolute Gasteiger partial charge is 0.325 e. The van der Waals surface area contributed by atoms with Gasteiger partial charge in [-0.2, -0.15) is 0 Å². The van der Waals surface area contributed by atoms with E-state index in [0.717, 1.165) is 16.8 Å². The quantitative estimate of drug-likeness (QED) is 0.839. The lowest BCUT2D eigenvalue weighted by molar-refractivity contribution is -0.116. The molecule has 0 bridgehead atoms. The van der Waals surface area contributed by atoms with Crippen molar-refractivity contribution in [3.05, 3.63) is 28.3 Å². The molecule has 0 aliphatic carbocycles. The molecule has 0 radical (unpaired) electrons. The Labute approximate surface area is 119 Å². The highest BCUT2D eigenvalue weighted by Gasteiger charge is 2.29. The average Bonchev–Trinajstić information content (AvgIpc) is 2.78. The summed E-state index contributed by atoms with van der Waals surface area (Å²) in [5, 5.41) is 2.97. The van der Waals surface area contributed by atoms with Crippen molar-refractivity contribution in [1.82, 2.24) is 0 Å². The molecular formula is C15H20N2OS. The Hall–Kier alpha value is -1.29. The van der Waals surface area contributed by atoms with E-state index >= 15 is 0 Å². The summed E-state index contributed by atoms with van der Waals surface area (Å²) in [5.41, 5.74) is 5.73. The van der Waals surface area contributed by atoms with Gasteiger partial charge in [-0.1, -0.05) is 13.0 Å². The van der Waals surface area contributed by atoms with Gasteiger partial charge in [0.25, 0.3) is 0 Å². The molecule has 1 amide bonds. The third kappa shape index (κ3) is 2.68. The molecule has 0 saturated carbocycles. The summed E-state index contributed by atoms with van der Waals surface area (Å²) in [4.78, 5) is 12.3. The molecule has 0 saturated heterocycles. The van der Waals surface area contributed by atoms with Crippen molar-refractivity contribution >= 4 is 29.8 Å². The normalized spacial score (nSPS) is 21.7. The monoisotopic (exact) mass is 276 g/mol. The number of benzene rings is 1. The summed E-state index contributed by atoms with van der Waals surface area (Å²) >= 11 is 1.35. The zero-order valence-electron chi connectivity index (χ0n) is 12.1. The fourth-order valence-electron chi connectivity index (χ4n) is 2.33. The Morgan fingerprint density at radius 1 is 1.21 bits per heavy atom. The van der Waals surface area contributed by atoms with Gasteiger partial charge in [0.1, 0.15) is 5.25 Å². The standard InChI is InChI=1S/C15H20N2OS/c1-8-6-9(2)13(12(5)11(8)4)17-15(18)14-10(3)7-16-19-14/h6-7,10,14H,1-5H3,(H,17,18). The van der Waals surface area contributed by atoms with Gasteiger partial charge in [-0.3, -0.25) is 4.79 Å². The topological polar surface area (TPSA) is 41.5 Å². The van der Waals surface area contributed by atoms with Crippen LogP contribution in [-0.4, -0.2) is 17.4 Å². The third-order valence-electron chi connectivity index (χ3n) is 3.81. The second-order valence-electron chi connectivity index (χ2n) is 5.26. The van der Waals surface area contributed by atoms with Gasteiger partial charge in [-0.25, -0.2) is 4.40 Å². The van der Waals surface area contributed by atoms with Gasteiger partial charge in [-0.15, -0.1) is 0 Å². The summed E-state index contributed by atoms with van der Waals surface area (Å²) in [6.07, 6.45) is 1.84. The molecule has 19 heavy (non-hydrogen) atoms. The predicted octanol–water partition coefficient (Wildman–Crippen LogP) is 3.60. The maximum Gasteiger partial charge on any atom is 0.240 e. The molecule has 102 valence electrons. The fourth-order valence-corrected chi connectivity index (χ4v) is 3.14. The predicted molar refractivity (Wildman–Crippen MR) is 83.1 cm³/mol. The van der Waals surface area contributed by atoms with Crippen molar-refractivity contribution in [3.8, 4) is 0 Å². The van der Waals surface area contributed by atoms with Crippen molar-refractivity contribution in [2.75, 3.05) is 5.32 Å². The second kappa shape index (κ2) is 5.37. The lowest BCUT2D eigenvalue weighted by Crippen LogP contribution is -2.29. The van der Waals surface area contributed by atoms with Crippen molar-refractivity contribution in [3.63, 3.8) is 0 Å². The summed E-state index contributed by atoms with van der Waals surface area (Å²) in [6, 6.07) is 2.12. The van der Waals surface area contributed by atoms with E-state index in [1.807, 2.05) is 20.1 Å². The van der Waals surface area contributed by atoms with E-state index in [2.05, 4.69) is 36.6 Å². The number of rotatable bonds is 2. The first-order chi connectivity index (χ1) is 8.91. The van der Waals surface area contributed by atoms with Gasteiger partial charge in [0.05, 0.1) is 0 Å². The molecule has 0 fully saturated rings. The van der Waals surface area contributed by atoms with Crippen LogP contribution in [0.5, 0.6) is 0 Å². The second-order valence-corrected chi connectivity index (χ2v) is 6.19. The molecule has 1 aliphatic rings. The van der Waals surface area contributed by atoms with Crippen LogP contribution in [0.15, 0.2) is 10.5 Å². The number of carbonyl (C=O) groups is 1.